The summed E-state index contributed by atoms with van der Waals surface area (Å²) in [5.74, 6) is 1.77. The highest BCUT2D eigenvalue weighted by Crippen LogP contribution is 2.16. The third kappa shape index (κ3) is 3.66. The highest BCUT2D eigenvalue weighted by atomic mass is 15.2. The fourth-order valence-electron chi connectivity index (χ4n) is 2.04. The average molecular weight is 271 g/mol. The summed E-state index contributed by atoms with van der Waals surface area (Å²) in [7, 11) is 0. The average Bonchev–Trinajstić information content (AvgIpc) is 2.45. The van der Waals surface area contributed by atoms with Gasteiger partial charge in [0, 0.05) is 24.8 Å². The molecule has 5 nitrogen and oxygen atoms in total. The van der Waals surface area contributed by atoms with Gasteiger partial charge in [0.2, 0.25) is 0 Å². The van der Waals surface area contributed by atoms with Crippen molar-refractivity contribution in [2.75, 3.05) is 23.3 Å². The van der Waals surface area contributed by atoms with E-state index in [-0.39, 0.29) is 0 Å². The minimum absolute atomic E-state index is 0.751. The smallest absolute Gasteiger partial charge is 0.134 e. The number of anilines is 2. The van der Waals surface area contributed by atoms with Gasteiger partial charge in [-0.25, -0.2) is 9.97 Å². The highest BCUT2D eigenvalue weighted by molar-refractivity contribution is 5.48. The Kier molecular flexibility index (Phi) is 4.87. The molecule has 0 aliphatic carbocycles. The quantitative estimate of drug-likeness (QED) is 0.875. The van der Waals surface area contributed by atoms with Crippen molar-refractivity contribution in [3.05, 3.63) is 42.0 Å². The Labute approximate surface area is 120 Å². The number of aromatic nitrogens is 3. The van der Waals surface area contributed by atoms with Crippen molar-refractivity contribution in [2.45, 2.75) is 27.3 Å². The molecule has 2 heterocycles. The first-order valence-corrected chi connectivity index (χ1v) is 6.96. The van der Waals surface area contributed by atoms with E-state index < -0.39 is 0 Å². The van der Waals surface area contributed by atoms with Crippen molar-refractivity contribution >= 4 is 11.6 Å². The standard InChI is InChI=1S/C15H21N5/c1-4-16-14-9-15(18-11-17-14)20(5-2)10-13-8-6-7-12(3)19-13/h6-9,11H,4-5,10H2,1-3H3,(H,16,17,18). The normalized spacial score (nSPS) is 10.3. The second kappa shape index (κ2) is 6.84. The van der Waals surface area contributed by atoms with Crippen LogP contribution >= 0.6 is 0 Å². The van der Waals surface area contributed by atoms with Crippen LogP contribution in [0.15, 0.2) is 30.6 Å². The lowest BCUT2D eigenvalue weighted by Gasteiger charge is -2.22. The van der Waals surface area contributed by atoms with Gasteiger partial charge in [0.15, 0.2) is 0 Å². The van der Waals surface area contributed by atoms with Crippen molar-refractivity contribution in [2.24, 2.45) is 0 Å². The van der Waals surface area contributed by atoms with E-state index in [0.717, 1.165) is 42.7 Å². The number of nitrogens with zero attached hydrogens (tertiary/aromatic N) is 4. The van der Waals surface area contributed by atoms with Crippen LogP contribution in [0.5, 0.6) is 0 Å². The maximum absolute atomic E-state index is 4.54. The zero-order valence-corrected chi connectivity index (χ0v) is 12.3. The number of pyridine rings is 1. The van der Waals surface area contributed by atoms with Crippen LogP contribution in [0.4, 0.5) is 11.6 Å². The SMILES string of the molecule is CCNc1cc(N(CC)Cc2cccc(C)n2)ncn1. The van der Waals surface area contributed by atoms with Crippen LogP contribution in [-0.2, 0) is 6.54 Å². The van der Waals surface area contributed by atoms with Gasteiger partial charge in [0.05, 0.1) is 12.2 Å². The molecule has 0 atom stereocenters. The number of nitrogens with one attached hydrogen (secondary N) is 1. The van der Waals surface area contributed by atoms with E-state index in [1.807, 2.05) is 31.2 Å². The van der Waals surface area contributed by atoms with Crippen LogP contribution in [0.2, 0.25) is 0 Å². The molecule has 0 aliphatic heterocycles. The molecule has 106 valence electrons. The van der Waals surface area contributed by atoms with Crippen molar-refractivity contribution in [3.63, 3.8) is 0 Å². The van der Waals surface area contributed by atoms with Crippen molar-refractivity contribution < 1.29 is 0 Å². The number of hydrogen-bond acceptors (Lipinski definition) is 5. The van der Waals surface area contributed by atoms with Gasteiger partial charge in [-0.15, -0.1) is 0 Å². The fourth-order valence-corrected chi connectivity index (χ4v) is 2.04. The van der Waals surface area contributed by atoms with Crippen LogP contribution in [0, 0.1) is 6.92 Å². The lowest BCUT2D eigenvalue weighted by atomic mass is 10.3. The fraction of sp³-hybridized carbons (Fsp3) is 0.400. The van der Waals surface area contributed by atoms with E-state index in [0.29, 0.717) is 0 Å². The van der Waals surface area contributed by atoms with Crippen LogP contribution in [0.25, 0.3) is 0 Å². The van der Waals surface area contributed by atoms with E-state index in [4.69, 9.17) is 0 Å². The van der Waals surface area contributed by atoms with E-state index in [2.05, 4.69) is 39.0 Å². The van der Waals surface area contributed by atoms with Crippen molar-refractivity contribution in [1.82, 2.24) is 15.0 Å². The molecule has 0 amide bonds. The molecule has 0 unspecified atom stereocenters. The van der Waals surface area contributed by atoms with E-state index >= 15 is 0 Å². The van der Waals surface area contributed by atoms with E-state index in [1.54, 1.807) is 6.33 Å². The Morgan fingerprint density at radius 3 is 2.75 bits per heavy atom. The molecule has 0 radical (unpaired) electrons. The summed E-state index contributed by atoms with van der Waals surface area (Å²) in [6.07, 6.45) is 1.60. The lowest BCUT2D eigenvalue weighted by molar-refractivity contribution is 0.788. The first-order valence-electron chi connectivity index (χ1n) is 6.96. The number of aryl methyl sites for hydroxylation is 1. The van der Waals surface area contributed by atoms with Gasteiger partial charge >= 0.3 is 0 Å². The zero-order chi connectivity index (χ0) is 14.4. The number of rotatable bonds is 6. The van der Waals surface area contributed by atoms with Crippen LogP contribution in [0.3, 0.4) is 0 Å². The molecule has 2 aromatic rings. The lowest BCUT2D eigenvalue weighted by Crippen LogP contribution is -2.24. The van der Waals surface area contributed by atoms with Gasteiger partial charge in [-0.2, -0.15) is 0 Å². The molecule has 0 aliphatic rings. The predicted octanol–water partition coefficient (Wildman–Crippen LogP) is 2.64. The van der Waals surface area contributed by atoms with E-state index in [9.17, 15) is 0 Å². The summed E-state index contributed by atoms with van der Waals surface area (Å²) in [6.45, 7) is 8.65. The molecule has 2 rings (SSSR count). The monoisotopic (exact) mass is 271 g/mol. The first kappa shape index (κ1) is 14.2. The Hall–Kier alpha value is -2.17. The maximum Gasteiger partial charge on any atom is 0.134 e. The Bertz CT molecular complexity index is 555. The van der Waals surface area contributed by atoms with Crippen LogP contribution in [0.1, 0.15) is 25.2 Å². The summed E-state index contributed by atoms with van der Waals surface area (Å²) < 4.78 is 0. The molecule has 5 heteroatoms. The maximum atomic E-state index is 4.54. The second-order valence-electron chi connectivity index (χ2n) is 4.58. The van der Waals surface area contributed by atoms with Crippen molar-refractivity contribution in [3.8, 4) is 0 Å². The van der Waals surface area contributed by atoms with Gasteiger partial charge < -0.3 is 10.2 Å². The molecule has 0 saturated heterocycles. The molecule has 0 aromatic carbocycles. The predicted molar refractivity (Wildman–Crippen MR) is 81.9 cm³/mol. The number of hydrogen-bond donors (Lipinski definition) is 1. The Morgan fingerprint density at radius 2 is 2.05 bits per heavy atom. The third-order valence-corrected chi connectivity index (χ3v) is 3.02. The molecule has 1 N–H and O–H groups in total. The molecule has 0 fully saturated rings. The molecule has 0 bridgehead atoms. The van der Waals surface area contributed by atoms with Gasteiger partial charge in [0.1, 0.15) is 18.0 Å². The van der Waals surface area contributed by atoms with Gasteiger partial charge in [-0.05, 0) is 32.9 Å². The minimum atomic E-state index is 0.751. The highest BCUT2D eigenvalue weighted by Gasteiger charge is 2.09. The Morgan fingerprint density at radius 1 is 1.20 bits per heavy atom. The van der Waals surface area contributed by atoms with E-state index in [1.165, 1.54) is 0 Å². The summed E-state index contributed by atoms with van der Waals surface area (Å²) in [5.41, 5.74) is 2.09. The van der Waals surface area contributed by atoms with Crippen molar-refractivity contribution in [1.29, 1.82) is 0 Å². The minimum Gasteiger partial charge on any atom is -0.370 e. The molecule has 2 aromatic heterocycles. The van der Waals surface area contributed by atoms with Gasteiger partial charge in [-0.3, -0.25) is 4.98 Å². The third-order valence-electron chi connectivity index (χ3n) is 3.02. The summed E-state index contributed by atoms with van der Waals surface area (Å²) in [6, 6.07) is 8.06. The molecule has 0 spiro atoms. The summed E-state index contributed by atoms with van der Waals surface area (Å²) in [4.78, 5) is 15.3. The molecular formula is C15H21N5. The van der Waals surface area contributed by atoms with Gasteiger partial charge in [0.25, 0.3) is 0 Å². The summed E-state index contributed by atoms with van der Waals surface area (Å²) in [5, 5.41) is 3.21. The topological polar surface area (TPSA) is 53.9 Å². The van der Waals surface area contributed by atoms with Gasteiger partial charge in [-0.1, -0.05) is 6.07 Å². The second-order valence-corrected chi connectivity index (χ2v) is 4.58. The summed E-state index contributed by atoms with van der Waals surface area (Å²) >= 11 is 0. The zero-order valence-electron chi connectivity index (χ0n) is 12.3. The molecular weight excluding hydrogens is 250 g/mol. The van der Waals surface area contributed by atoms with Crippen LogP contribution < -0.4 is 10.2 Å². The molecule has 0 saturated carbocycles. The Balaban J connectivity index is 2.17. The first-order chi connectivity index (χ1) is 9.72. The largest absolute Gasteiger partial charge is 0.370 e. The van der Waals surface area contributed by atoms with Crippen LogP contribution in [-0.4, -0.2) is 28.0 Å². The molecule has 20 heavy (non-hydrogen) atoms.